The van der Waals surface area contributed by atoms with E-state index in [4.69, 9.17) is 4.52 Å². The number of aryl methyl sites for hydroxylation is 2. The van der Waals surface area contributed by atoms with Crippen LogP contribution in [-0.4, -0.2) is 41.8 Å². The zero-order valence-corrected chi connectivity index (χ0v) is 13.9. The molecule has 0 spiro atoms. The van der Waals surface area contributed by atoms with Crippen LogP contribution in [-0.2, 0) is 0 Å². The number of aromatic nitrogens is 1. The SMILES string of the molecule is CCCCN1CCCC[C@@H]1CNC(=O)Nc1c(C)noc1C. The van der Waals surface area contributed by atoms with Gasteiger partial charge in [0, 0.05) is 12.6 Å². The van der Waals surface area contributed by atoms with Crippen molar-refractivity contribution in [1.82, 2.24) is 15.4 Å². The summed E-state index contributed by atoms with van der Waals surface area (Å²) in [7, 11) is 0. The van der Waals surface area contributed by atoms with Gasteiger partial charge in [0.15, 0.2) is 5.76 Å². The predicted octanol–water partition coefficient (Wildman–Crippen LogP) is 3.07. The van der Waals surface area contributed by atoms with E-state index in [2.05, 4.69) is 27.6 Å². The Morgan fingerprint density at radius 3 is 2.91 bits per heavy atom. The number of anilines is 1. The van der Waals surface area contributed by atoms with Crippen molar-refractivity contribution in [3.8, 4) is 0 Å². The van der Waals surface area contributed by atoms with Gasteiger partial charge < -0.3 is 15.2 Å². The first-order chi connectivity index (χ1) is 10.6. The number of hydrogen-bond acceptors (Lipinski definition) is 4. The second kappa shape index (κ2) is 8.17. The van der Waals surface area contributed by atoms with Crippen LogP contribution in [0.4, 0.5) is 10.5 Å². The summed E-state index contributed by atoms with van der Waals surface area (Å²) >= 11 is 0. The van der Waals surface area contributed by atoms with Gasteiger partial charge in [-0.25, -0.2) is 4.79 Å². The average Bonchev–Trinajstić information content (AvgIpc) is 2.83. The van der Waals surface area contributed by atoms with Gasteiger partial charge in [-0.15, -0.1) is 0 Å². The topological polar surface area (TPSA) is 70.4 Å². The van der Waals surface area contributed by atoms with Crippen molar-refractivity contribution in [2.75, 3.05) is 25.0 Å². The Bertz CT molecular complexity index is 467. The number of piperidine rings is 1. The largest absolute Gasteiger partial charge is 0.359 e. The average molecular weight is 308 g/mol. The molecule has 1 aromatic heterocycles. The van der Waals surface area contributed by atoms with E-state index >= 15 is 0 Å². The third-order valence-corrected chi connectivity index (χ3v) is 4.32. The first kappa shape index (κ1) is 16.8. The molecule has 0 aliphatic carbocycles. The lowest BCUT2D eigenvalue weighted by atomic mass is 10.0. The van der Waals surface area contributed by atoms with Gasteiger partial charge >= 0.3 is 6.03 Å². The van der Waals surface area contributed by atoms with E-state index in [1.165, 1.54) is 25.7 Å². The van der Waals surface area contributed by atoms with E-state index in [9.17, 15) is 4.79 Å². The van der Waals surface area contributed by atoms with Crippen LogP contribution in [0.3, 0.4) is 0 Å². The fourth-order valence-electron chi connectivity index (χ4n) is 2.98. The first-order valence-electron chi connectivity index (χ1n) is 8.33. The number of carbonyl (C=O) groups excluding carboxylic acids is 1. The zero-order chi connectivity index (χ0) is 15.9. The van der Waals surface area contributed by atoms with Gasteiger partial charge in [0.25, 0.3) is 0 Å². The Balaban J connectivity index is 1.81. The molecule has 1 saturated heterocycles. The molecule has 2 rings (SSSR count). The molecule has 0 unspecified atom stereocenters. The van der Waals surface area contributed by atoms with Crippen LogP contribution in [0.25, 0.3) is 0 Å². The second-order valence-electron chi connectivity index (χ2n) is 6.07. The Morgan fingerprint density at radius 1 is 1.41 bits per heavy atom. The normalized spacial score (nSPS) is 19.1. The first-order valence-corrected chi connectivity index (χ1v) is 8.33. The summed E-state index contributed by atoms with van der Waals surface area (Å²) in [5, 5.41) is 9.66. The highest BCUT2D eigenvalue weighted by molar-refractivity contribution is 5.90. The van der Waals surface area contributed by atoms with Crippen LogP contribution in [0.2, 0.25) is 0 Å². The molecule has 0 radical (unpaired) electrons. The molecule has 0 saturated carbocycles. The number of rotatable bonds is 6. The Labute approximate surface area is 132 Å². The molecule has 0 aromatic carbocycles. The quantitative estimate of drug-likeness (QED) is 0.847. The molecule has 2 N–H and O–H groups in total. The van der Waals surface area contributed by atoms with Gasteiger partial charge in [-0.1, -0.05) is 24.9 Å². The molecule has 124 valence electrons. The van der Waals surface area contributed by atoms with Gasteiger partial charge in [-0.3, -0.25) is 4.90 Å². The predicted molar refractivity (Wildman–Crippen MR) is 87.1 cm³/mol. The number of carbonyl (C=O) groups is 1. The summed E-state index contributed by atoms with van der Waals surface area (Å²) in [5.74, 6) is 0.634. The van der Waals surface area contributed by atoms with E-state index in [1.807, 2.05) is 6.92 Å². The van der Waals surface area contributed by atoms with Gasteiger partial charge in [0.05, 0.1) is 0 Å². The lowest BCUT2D eigenvalue weighted by Gasteiger charge is -2.35. The summed E-state index contributed by atoms with van der Waals surface area (Å²) in [6.07, 6.45) is 6.12. The van der Waals surface area contributed by atoms with Gasteiger partial charge in [0.2, 0.25) is 0 Å². The maximum Gasteiger partial charge on any atom is 0.319 e. The minimum Gasteiger partial charge on any atom is -0.359 e. The number of amides is 2. The minimum absolute atomic E-state index is 0.185. The smallest absolute Gasteiger partial charge is 0.319 e. The summed E-state index contributed by atoms with van der Waals surface area (Å²) in [5.41, 5.74) is 1.37. The number of nitrogens with one attached hydrogen (secondary N) is 2. The molecular formula is C16H28N4O2. The number of hydrogen-bond donors (Lipinski definition) is 2. The molecule has 1 fully saturated rings. The highest BCUT2D eigenvalue weighted by Crippen LogP contribution is 2.19. The Kier molecular flexibility index (Phi) is 6.24. The number of unbranched alkanes of at least 4 members (excludes halogenated alkanes) is 1. The second-order valence-corrected chi connectivity index (χ2v) is 6.07. The summed E-state index contributed by atoms with van der Waals surface area (Å²) < 4.78 is 5.05. The van der Waals surface area contributed by atoms with Crippen LogP contribution in [0.1, 0.15) is 50.5 Å². The molecule has 2 amide bonds. The Morgan fingerprint density at radius 2 is 2.23 bits per heavy atom. The van der Waals surface area contributed by atoms with Crippen molar-refractivity contribution in [2.45, 2.75) is 58.9 Å². The van der Waals surface area contributed by atoms with Crippen molar-refractivity contribution in [1.29, 1.82) is 0 Å². The minimum atomic E-state index is -0.185. The summed E-state index contributed by atoms with van der Waals surface area (Å²) in [6, 6.07) is 0.270. The van der Waals surface area contributed by atoms with Gasteiger partial charge in [-0.05, 0) is 46.2 Å². The number of nitrogens with zero attached hydrogens (tertiary/aromatic N) is 2. The van der Waals surface area contributed by atoms with E-state index in [0.717, 1.165) is 19.5 Å². The molecule has 6 heteroatoms. The Hall–Kier alpha value is -1.56. The standard InChI is InChI=1S/C16H28N4O2/c1-4-5-9-20-10-7-6-8-14(20)11-17-16(21)18-15-12(2)19-22-13(15)3/h14H,4-11H2,1-3H3,(H2,17,18,21)/t14-/m1/s1. The molecule has 1 aromatic rings. The van der Waals surface area contributed by atoms with E-state index in [1.54, 1.807) is 6.92 Å². The highest BCUT2D eigenvalue weighted by atomic mass is 16.5. The molecular weight excluding hydrogens is 280 g/mol. The van der Waals surface area contributed by atoms with Crippen molar-refractivity contribution < 1.29 is 9.32 Å². The monoisotopic (exact) mass is 308 g/mol. The van der Waals surface area contributed by atoms with Crippen LogP contribution in [0, 0.1) is 13.8 Å². The van der Waals surface area contributed by atoms with Gasteiger partial charge in [0.1, 0.15) is 11.4 Å². The number of likely N-dealkylation sites (tertiary alicyclic amines) is 1. The molecule has 1 aliphatic rings. The van der Waals surface area contributed by atoms with Crippen LogP contribution < -0.4 is 10.6 Å². The van der Waals surface area contributed by atoms with E-state index < -0.39 is 0 Å². The molecule has 22 heavy (non-hydrogen) atoms. The summed E-state index contributed by atoms with van der Waals surface area (Å²) in [6.45, 7) is 8.81. The fourth-order valence-corrected chi connectivity index (χ4v) is 2.98. The third-order valence-electron chi connectivity index (χ3n) is 4.32. The van der Waals surface area contributed by atoms with Crippen LogP contribution >= 0.6 is 0 Å². The lowest BCUT2D eigenvalue weighted by molar-refractivity contribution is 0.145. The third kappa shape index (κ3) is 4.47. The zero-order valence-electron chi connectivity index (χ0n) is 13.9. The molecule has 1 aliphatic heterocycles. The van der Waals surface area contributed by atoms with Crippen molar-refractivity contribution in [3.63, 3.8) is 0 Å². The van der Waals surface area contributed by atoms with Crippen molar-refractivity contribution >= 4 is 11.7 Å². The summed E-state index contributed by atoms with van der Waals surface area (Å²) in [4.78, 5) is 14.6. The van der Waals surface area contributed by atoms with E-state index in [-0.39, 0.29) is 6.03 Å². The lowest BCUT2D eigenvalue weighted by Crippen LogP contribution is -2.47. The van der Waals surface area contributed by atoms with E-state index in [0.29, 0.717) is 29.7 Å². The fraction of sp³-hybridized carbons (Fsp3) is 0.750. The molecule has 6 nitrogen and oxygen atoms in total. The maximum atomic E-state index is 12.1. The van der Waals surface area contributed by atoms with Crippen LogP contribution in [0.5, 0.6) is 0 Å². The molecule has 1 atom stereocenters. The molecule has 2 heterocycles. The van der Waals surface area contributed by atoms with Crippen molar-refractivity contribution in [2.24, 2.45) is 0 Å². The maximum absolute atomic E-state index is 12.1. The van der Waals surface area contributed by atoms with Gasteiger partial charge in [-0.2, -0.15) is 0 Å². The molecule has 0 bridgehead atoms. The van der Waals surface area contributed by atoms with Crippen molar-refractivity contribution in [3.05, 3.63) is 11.5 Å². The number of urea groups is 1. The highest BCUT2D eigenvalue weighted by Gasteiger charge is 2.22. The van der Waals surface area contributed by atoms with Crippen LogP contribution in [0.15, 0.2) is 4.52 Å².